The minimum atomic E-state index is -1.38. The Bertz CT molecular complexity index is 1320. The molecule has 2 aromatic carbocycles. The molecule has 0 spiro atoms. The van der Waals surface area contributed by atoms with Gasteiger partial charge in [-0.3, -0.25) is 14.7 Å². The summed E-state index contributed by atoms with van der Waals surface area (Å²) in [6, 6.07) is 14.7. The van der Waals surface area contributed by atoms with Gasteiger partial charge in [0, 0.05) is 35.8 Å². The van der Waals surface area contributed by atoms with Crippen molar-refractivity contribution in [1.29, 1.82) is 5.26 Å². The van der Waals surface area contributed by atoms with E-state index >= 15 is 0 Å². The van der Waals surface area contributed by atoms with Gasteiger partial charge in [0.15, 0.2) is 5.60 Å². The lowest BCUT2D eigenvalue weighted by atomic mass is 9.78. The quantitative estimate of drug-likeness (QED) is 0.561. The smallest absolute Gasteiger partial charge is 0.263 e. The van der Waals surface area contributed by atoms with E-state index in [9.17, 15) is 14.4 Å². The van der Waals surface area contributed by atoms with Crippen molar-refractivity contribution in [2.45, 2.75) is 31.7 Å². The fourth-order valence-electron chi connectivity index (χ4n) is 5.14. The zero-order valence-corrected chi connectivity index (χ0v) is 19.7. The van der Waals surface area contributed by atoms with Crippen LogP contribution in [0.15, 0.2) is 60.9 Å². The maximum Gasteiger partial charge on any atom is 0.263 e. The summed E-state index contributed by atoms with van der Waals surface area (Å²) in [7, 11) is 1.60. The Balaban J connectivity index is 1.67. The lowest BCUT2D eigenvalue weighted by Crippen LogP contribution is -2.48. The number of nitrogens with zero attached hydrogens (tertiary/aromatic N) is 3. The maximum atomic E-state index is 14.1. The summed E-state index contributed by atoms with van der Waals surface area (Å²) >= 11 is 0. The van der Waals surface area contributed by atoms with Crippen LogP contribution in [0.2, 0.25) is 0 Å². The van der Waals surface area contributed by atoms with Crippen LogP contribution < -0.4 is 10.1 Å². The van der Waals surface area contributed by atoms with E-state index in [-0.39, 0.29) is 5.56 Å². The fourth-order valence-corrected chi connectivity index (χ4v) is 5.14. The molecule has 1 N–H and O–H groups in total. The summed E-state index contributed by atoms with van der Waals surface area (Å²) in [5, 5.41) is 12.1. The molecule has 178 valence electrons. The summed E-state index contributed by atoms with van der Waals surface area (Å²) in [4.78, 5) is 20.6. The SMILES string of the molecule is COc1ccc2c(c1)C1OC2(C(=O)Nc2ccc(F)c(C#N)c2)C(c2cccnc2)N1CC(C)C. The standard InChI is InChI=1S/C27H25FN4O3/c1-16(2)15-32-24(17-5-4-10-30-14-17)27(22-8-7-20(34-3)12-21(22)25(32)35-27)26(33)31-19-6-9-23(28)18(11-19)13-29/h4-12,14,16,24-25H,15H2,1-3H3,(H,31,33). The van der Waals surface area contributed by atoms with Crippen LogP contribution >= 0.6 is 0 Å². The summed E-state index contributed by atoms with van der Waals surface area (Å²) < 4.78 is 26.0. The molecule has 3 unspecified atom stereocenters. The van der Waals surface area contributed by atoms with Crippen molar-refractivity contribution < 1.29 is 18.7 Å². The molecule has 2 bridgehead atoms. The third kappa shape index (κ3) is 3.64. The summed E-state index contributed by atoms with van der Waals surface area (Å²) in [6.07, 6.45) is 2.99. The van der Waals surface area contributed by atoms with E-state index in [1.807, 2.05) is 36.4 Å². The topological polar surface area (TPSA) is 87.5 Å². The Morgan fingerprint density at radius 1 is 1.31 bits per heavy atom. The predicted molar refractivity (Wildman–Crippen MR) is 127 cm³/mol. The molecule has 0 radical (unpaired) electrons. The molecular formula is C27H25FN4O3. The first kappa shape index (κ1) is 23.0. The zero-order valence-electron chi connectivity index (χ0n) is 19.7. The highest BCUT2D eigenvalue weighted by Gasteiger charge is 2.66. The number of carbonyl (C=O) groups excluding carboxylic acids is 1. The van der Waals surface area contributed by atoms with E-state index in [1.54, 1.807) is 19.5 Å². The number of halogens is 1. The monoisotopic (exact) mass is 472 g/mol. The molecule has 1 fully saturated rings. The number of rotatable bonds is 6. The first-order valence-electron chi connectivity index (χ1n) is 11.4. The van der Waals surface area contributed by atoms with Gasteiger partial charge in [0.2, 0.25) is 0 Å². The lowest BCUT2D eigenvalue weighted by molar-refractivity contribution is -0.139. The van der Waals surface area contributed by atoms with Gasteiger partial charge in [-0.2, -0.15) is 5.26 Å². The van der Waals surface area contributed by atoms with E-state index in [0.717, 1.165) is 16.7 Å². The Morgan fingerprint density at radius 3 is 2.83 bits per heavy atom. The number of pyridine rings is 1. The third-order valence-electron chi connectivity index (χ3n) is 6.50. The van der Waals surface area contributed by atoms with Crippen molar-refractivity contribution in [3.63, 3.8) is 0 Å². The second-order valence-electron chi connectivity index (χ2n) is 9.20. The lowest BCUT2D eigenvalue weighted by Gasteiger charge is -2.39. The Labute approximate surface area is 203 Å². The van der Waals surface area contributed by atoms with E-state index in [1.165, 1.54) is 18.2 Å². The highest BCUT2D eigenvalue weighted by atomic mass is 19.1. The van der Waals surface area contributed by atoms with Gasteiger partial charge in [-0.15, -0.1) is 0 Å². The number of nitrogens with one attached hydrogen (secondary N) is 1. The molecule has 7 nitrogen and oxygen atoms in total. The van der Waals surface area contributed by atoms with Crippen molar-refractivity contribution in [3.8, 4) is 11.8 Å². The normalized spacial score (nSPS) is 22.6. The van der Waals surface area contributed by atoms with Crippen molar-refractivity contribution >= 4 is 11.6 Å². The van der Waals surface area contributed by atoms with Crippen LogP contribution in [-0.2, 0) is 15.1 Å². The molecular weight excluding hydrogens is 447 g/mol. The molecule has 35 heavy (non-hydrogen) atoms. The maximum absolute atomic E-state index is 14.1. The van der Waals surface area contributed by atoms with E-state index in [2.05, 4.69) is 29.0 Å². The molecule has 5 rings (SSSR count). The van der Waals surface area contributed by atoms with Crippen LogP contribution in [0.5, 0.6) is 5.75 Å². The van der Waals surface area contributed by atoms with Gasteiger partial charge >= 0.3 is 0 Å². The molecule has 3 aromatic rings. The molecule has 1 amide bonds. The van der Waals surface area contributed by atoms with E-state index in [4.69, 9.17) is 9.47 Å². The number of benzene rings is 2. The molecule has 3 heterocycles. The zero-order chi connectivity index (χ0) is 24.7. The number of amides is 1. The number of aromatic nitrogens is 1. The second kappa shape index (κ2) is 8.77. The van der Waals surface area contributed by atoms with Gasteiger partial charge in [-0.05, 0) is 47.9 Å². The number of fused-ring (bicyclic) bond motifs is 5. The summed E-state index contributed by atoms with van der Waals surface area (Å²) in [5.41, 5.74) is 1.26. The summed E-state index contributed by atoms with van der Waals surface area (Å²) in [5.74, 6) is -0.0610. The van der Waals surface area contributed by atoms with Gasteiger partial charge in [0.1, 0.15) is 23.9 Å². The number of carbonyl (C=O) groups is 1. The fraction of sp³-hybridized carbons (Fsp3) is 0.296. The number of ether oxygens (including phenoxy) is 2. The van der Waals surface area contributed by atoms with Gasteiger partial charge in [0.05, 0.1) is 18.7 Å². The Morgan fingerprint density at radius 2 is 2.14 bits per heavy atom. The molecule has 1 saturated heterocycles. The largest absolute Gasteiger partial charge is 0.497 e. The van der Waals surface area contributed by atoms with Crippen molar-refractivity contribution in [2.24, 2.45) is 5.92 Å². The Kier molecular flexibility index (Phi) is 5.75. The van der Waals surface area contributed by atoms with E-state index in [0.29, 0.717) is 23.9 Å². The highest BCUT2D eigenvalue weighted by molar-refractivity contribution is 6.00. The predicted octanol–water partition coefficient (Wildman–Crippen LogP) is 4.68. The third-order valence-corrected chi connectivity index (χ3v) is 6.50. The van der Waals surface area contributed by atoms with Crippen LogP contribution in [0.1, 0.15) is 48.4 Å². The van der Waals surface area contributed by atoms with Gasteiger partial charge in [0.25, 0.3) is 5.91 Å². The second-order valence-corrected chi connectivity index (χ2v) is 9.20. The molecule has 3 atom stereocenters. The molecule has 1 aromatic heterocycles. The minimum Gasteiger partial charge on any atom is -0.497 e. The molecule has 0 aliphatic carbocycles. The number of anilines is 1. The van der Waals surface area contributed by atoms with Crippen LogP contribution in [0.25, 0.3) is 0 Å². The van der Waals surface area contributed by atoms with Crippen molar-refractivity contribution in [2.75, 3.05) is 19.0 Å². The minimum absolute atomic E-state index is 0.146. The average molecular weight is 473 g/mol. The van der Waals surface area contributed by atoms with E-state index < -0.39 is 29.6 Å². The number of hydrogen-bond donors (Lipinski definition) is 1. The van der Waals surface area contributed by atoms with Crippen LogP contribution in [0.3, 0.4) is 0 Å². The van der Waals surface area contributed by atoms with Gasteiger partial charge < -0.3 is 14.8 Å². The molecule has 2 aliphatic heterocycles. The number of hydrogen-bond acceptors (Lipinski definition) is 6. The van der Waals surface area contributed by atoms with Gasteiger partial charge in [-0.1, -0.05) is 26.0 Å². The average Bonchev–Trinajstić information content (AvgIpc) is 3.37. The first-order valence-corrected chi connectivity index (χ1v) is 11.4. The molecule has 8 heteroatoms. The highest BCUT2D eigenvalue weighted by Crippen LogP contribution is 2.62. The number of methoxy groups -OCH3 is 1. The molecule has 2 aliphatic rings. The van der Waals surface area contributed by atoms with Crippen LogP contribution in [0, 0.1) is 23.1 Å². The van der Waals surface area contributed by atoms with Crippen molar-refractivity contribution in [1.82, 2.24) is 9.88 Å². The molecule has 0 saturated carbocycles. The van der Waals surface area contributed by atoms with Crippen molar-refractivity contribution in [3.05, 3.63) is 89.0 Å². The number of nitriles is 1. The van der Waals surface area contributed by atoms with Crippen LogP contribution in [-0.4, -0.2) is 29.4 Å². The summed E-state index contributed by atoms with van der Waals surface area (Å²) in [6.45, 7) is 4.92. The van der Waals surface area contributed by atoms with Gasteiger partial charge in [-0.25, -0.2) is 4.39 Å². The van der Waals surface area contributed by atoms with Crippen LogP contribution in [0.4, 0.5) is 10.1 Å². The first-order chi connectivity index (χ1) is 16.9. The Hall–Kier alpha value is -3.80.